The molecular formula is C27H17Cl2N3O5S. The fourth-order valence-electron chi connectivity index (χ4n) is 4.14. The van der Waals surface area contributed by atoms with Crippen LogP contribution in [-0.4, -0.2) is 37.9 Å². The molecule has 0 spiro atoms. The number of carbonyl (C=O) groups excluding carboxylic acids is 3. The molecule has 0 aliphatic carbocycles. The van der Waals surface area contributed by atoms with Gasteiger partial charge in [0.1, 0.15) is 0 Å². The van der Waals surface area contributed by atoms with Gasteiger partial charge in [-0.3, -0.25) is 29.4 Å². The predicted molar refractivity (Wildman–Crippen MR) is 148 cm³/mol. The fourth-order valence-corrected chi connectivity index (χ4v) is 5.43. The Kier molecular flexibility index (Phi) is 7.07. The Morgan fingerprint density at radius 1 is 1.03 bits per heavy atom. The zero-order valence-electron chi connectivity index (χ0n) is 19.5. The van der Waals surface area contributed by atoms with Crippen molar-refractivity contribution < 1.29 is 19.3 Å². The molecular weight excluding hydrogens is 549 g/mol. The maximum atomic E-state index is 13.1. The van der Waals surface area contributed by atoms with Gasteiger partial charge in [0.2, 0.25) is 0 Å². The minimum absolute atomic E-state index is 0.159. The Morgan fingerprint density at radius 2 is 1.76 bits per heavy atom. The van der Waals surface area contributed by atoms with E-state index < -0.39 is 28.4 Å². The summed E-state index contributed by atoms with van der Waals surface area (Å²) < 4.78 is 2.00. The SMILES string of the molecule is O=C(CN1C(=O)S/C(=C/c2cn(Cc3ccc(Cl)cc3Cl)c3ccccc23)C1=O)c1ccc([N+](=O)[O-])cc1. The average Bonchev–Trinajstić information content (AvgIpc) is 3.37. The van der Waals surface area contributed by atoms with Crippen LogP contribution in [0.25, 0.3) is 17.0 Å². The number of rotatable bonds is 7. The standard InChI is InChI=1S/C27H17Cl2N3O5S/c28-19-8-5-17(22(29)12-19)13-30-14-18(21-3-1-2-4-23(21)30)11-25-26(34)31(27(35)38-25)15-24(33)16-6-9-20(10-7-16)32(36)37/h1-12,14H,13,15H2/b25-11+. The number of Topliss-reactive ketones (excluding diaryl/α,β-unsaturated/α-hetero) is 1. The van der Waals surface area contributed by atoms with E-state index >= 15 is 0 Å². The number of imide groups is 1. The summed E-state index contributed by atoms with van der Waals surface area (Å²) in [5.74, 6) is -1.08. The summed E-state index contributed by atoms with van der Waals surface area (Å²) >= 11 is 13.2. The lowest BCUT2D eigenvalue weighted by Gasteiger charge is -2.11. The zero-order valence-corrected chi connectivity index (χ0v) is 21.8. The molecule has 8 nitrogen and oxygen atoms in total. The molecule has 0 bridgehead atoms. The van der Waals surface area contributed by atoms with E-state index in [1.54, 1.807) is 18.2 Å². The highest BCUT2D eigenvalue weighted by atomic mass is 35.5. The number of thioether (sulfide) groups is 1. The van der Waals surface area contributed by atoms with Gasteiger partial charge in [0.15, 0.2) is 5.78 Å². The van der Waals surface area contributed by atoms with Crippen molar-refractivity contribution in [1.82, 2.24) is 9.47 Å². The molecule has 0 radical (unpaired) electrons. The van der Waals surface area contributed by atoms with Crippen molar-refractivity contribution in [2.75, 3.05) is 6.54 Å². The van der Waals surface area contributed by atoms with Gasteiger partial charge in [-0.2, -0.15) is 0 Å². The van der Waals surface area contributed by atoms with Gasteiger partial charge >= 0.3 is 0 Å². The first kappa shape index (κ1) is 25.7. The molecule has 1 aliphatic heterocycles. The van der Waals surface area contributed by atoms with E-state index in [2.05, 4.69) is 0 Å². The Balaban J connectivity index is 1.40. The number of hydrogen-bond donors (Lipinski definition) is 0. The molecule has 11 heteroatoms. The summed E-state index contributed by atoms with van der Waals surface area (Å²) in [7, 11) is 0. The topological polar surface area (TPSA) is 103 Å². The number of fused-ring (bicyclic) bond motifs is 1. The first-order valence-electron chi connectivity index (χ1n) is 11.3. The van der Waals surface area contributed by atoms with Gasteiger partial charge in [0.05, 0.1) is 16.4 Å². The number of non-ortho nitro benzene ring substituents is 1. The summed E-state index contributed by atoms with van der Waals surface area (Å²) in [5.41, 5.74) is 2.53. The number of benzene rings is 3. The highest BCUT2D eigenvalue weighted by molar-refractivity contribution is 8.18. The maximum Gasteiger partial charge on any atom is 0.293 e. The number of halogens is 2. The fraction of sp³-hybridized carbons (Fsp3) is 0.0741. The second kappa shape index (κ2) is 10.4. The molecule has 0 N–H and O–H groups in total. The van der Waals surface area contributed by atoms with E-state index in [-0.39, 0.29) is 16.2 Å². The molecule has 1 saturated heterocycles. The van der Waals surface area contributed by atoms with Crippen molar-refractivity contribution in [3.63, 3.8) is 0 Å². The number of carbonyl (C=O) groups is 3. The second-order valence-electron chi connectivity index (χ2n) is 8.46. The molecule has 1 aliphatic rings. The van der Waals surface area contributed by atoms with Gasteiger partial charge in [-0.1, -0.05) is 47.5 Å². The predicted octanol–water partition coefficient (Wildman–Crippen LogP) is 6.82. The van der Waals surface area contributed by atoms with Gasteiger partial charge in [-0.25, -0.2) is 0 Å². The van der Waals surface area contributed by atoms with E-state index in [0.29, 0.717) is 16.6 Å². The lowest BCUT2D eigenvalue weighted by molar-refractivity contribution is -0.384. The molecule has 0 saturated carbocycles. The minimum Gasteiger partial charge on any atom is -0.342 e. The van der Waals surface area contributed by atoms with E-state index in [4.69, 9.17) is 23.2 Å². The molecule has 5 rings (SSSR count). The van der Waals surface area contributed by atoms with Crippen molar-refractivity contribution in [2.45, 2.75) is 6.54 Å². The number of para-hydroxylation sites is 1. The summed E-state index contributed by atoms with van der Waals surface area (Å²) in [6.45, 7) is 0.00617. The van der Waals surface area contributed by atoms with Crippen LogP contribution in [0.2, 0.25) is 10.0 Å². The molecule has 0 unspecified atom stereocenters. The molecule has 4 aromatic rings. The average molecular weight is 566 g/mol. The first-order chi connectivity index (χ1) is 18.2. The number of amides is 2. The van der Waals surface area contributed by atoms with Crippen LogP contribution in [0.3, 0.4) is 0 Å². The van der Waals surface area contributed by atoms with Crippen molar-refractivity contribution in [3.05, 3.63) is 115 Å². The molecule has 2 heterocycles. The van der Waals surface area contributed by atoms with Crippen LogP contribution in [0.15, 0.2) is 77.8 Å². The van der Waals surface area contributed by atoms with Crippen LogP contribution in [0.5, 0.6) is 0 Å². The van der Waals surface area contributed by atoms with Crippen LogP contribution in [0.1, 0.15) is 21.5 Å². The van der Waals surface area contributed by atoms with Crippen LogP contribution in [-0.2, 0) is 11.3 Å². The van der Waals surface area contributed by atoms with Crippen LogP contribution < -0.4 is 0 Å². The number of ketones is 1. The van der Waals surface area contributed by atoms with Gasteiger partial charge in [0.25, 0.3) is 16.8 Å². The Bertz CT molecular complexity index is 1660. The minimum atomic E-state index is -0.576. The second-order valence-corrected chi connectivity index (χ2v) is 10.3. The third-order valence-corrected chi connectivity index (χ3v) is 7.53. The Morgan fingerprint density at radius 3 is 2.47 bits per heavy atom. The van der Waals surface area contributed by atoms with Crippen molar-refractivity contribution >= 4 is 74.6 Å². The first-order valence-corrected chi connectivity index (χ1v) is 12.8. The van der Waals surface area contributed by atoms with Crippen LogP contribution >= 0.6 is 35.0 Å². The molecule has 1 fully saturated rings. The Hall–Kier alpha value is -3.92. The van der Waals surface area contributed by atoms with Gasteiger partial charge in [-0.15, -0.1) is 0 Å². The normalized spacial score (nSPS) is 14.6. The molecule has 2 amide bonds. The number of nitro benzene ring substituents is 1. The molecule has 1 aromatic heterocycles. The molecule has 190 valence electrons. The van der Waals surface area contributed by atoms with E-state index in [1.165, 1.54) is 24.3 Å². The molecule has 0 atom stereocenters. The maximum absolute atomic E-state index is 13.1. The van der Waals surface area contributed by atoms with Crippen molar-refractivity contribution in [1.29, 1.82) is 0 Å². The number of aromatic nitrogens is 1. The highest BCUT2D eigenvalue weighted by Crippen LogP contribution is 2.35. The van der Waals surface area contributed by atoms with Crippen molar-refractivity contribution in [3.8, 4) is 0 Å². The lowest BCUT2D eigenvalue weighted by atomic mass is 10.1. The lowest BCUT2D eigenvalue weighted by Crippen LogP contribution is -2.33. The Labute approximate surface area is 230 Å². The summed E-state index contributed by atoms with van der Waals surface area (Å²) in [6, 6.07) is 18.0. The van der Waals surface area contributed by atoms with Crippen LogP contribution in [0, 0.1) is 10.1 Å². The molecule has 3 aromatic carbocycles. The van der Waals surface area contributed by atoms with Gasteiger partial charge in [0, 0.05) is 56.9 Å². The number of hydrogen-bond acceptors (Lipinski definition) is 6. The van der Waals surface area contributed by atoms with Crippen molar-refractivity contribution in [2.24, 2.45) is 0 Å². The van der Waals surface area contributed by atoms with Crippen LogP contribution in [0.4, 0.5) is 10.5 Å². The zero-order chi connectivity index (χ0) is 27.0. The van der Waals surface area contributed by atoms with E-state index in [1.807, 2.05) is 41.1 Å². The van der Waals surface area contributed by atoms with E-state index in [9.17, 15) is 24.5 Å². The monoisotopic (exact) mass is 565 g/mol. The van der Waals surface area contributed by atoms with Gasteiger partial charge in [-0.05, 0) is 53.7 Å². The number of nitrogens with zero attached hydrogens (tertiary/aromatic N) is 3. The quantitative estimate of drug-likeness (QED) is 0.105. The largest absolute Gasteiger partial charge is 0.342 e. The number of nitro groups is 1. The molecule has 38 heavy (non-hydrogen) atoms. The summed E-state index contributed by atoms with van der Waals surface area (Å²) in [6.07, 6.45) is 3.52. The van der Waals surface area contributed by atoms with E-state index in [0.717, 1.165) is 38.7 Å². The highest BCUT2D eigenvalue weighted by Gasteiger charge is 2.36. The smallest absolute Gasteiger partial charge is 0.293 e. The third-order valence-electron chi connectivity index (χ3n) is 6.04. The third kappa shape index (κ3) is 5.08. The summed E-state index contributed by atoms with van der Waals surface area (Å²) in [4.78, 5) is 49.7. The van der Waals surface area contributed by atoms with Gasteiger partial charge < -0.3 is 4.57 Å². The summed E-state index contributed by atoms with van der Waals surface area (Å²) in [5, 5.41) is 12.2.